The molecule has 3 N–H and O–H groups in total. The number of hydrogen-bond donors (Lipinski definition) is 3. The van der Waals surface area contributed by atoms with Gasteiger partial charge in [-0.25, -0.2) is 13.1 Å². The van der Waals surface area contributed by atoms with Gasteiger partial charge in [0.15, 0.2) is 0 Å². The third-order valence-electron chi connectivity index (χ3n) is 4.44. The number of carbonyl (C=O) groups is 2. The molecule has 2 aromatic rings. The summed E-state index contributed by atoms with van der Waals surface area (Å²) < 4.78 is 62.1. The number of nitrogens with one attached hydrogen (secondary N) is 3. The summed E-state index contributed by atoms with van der Waals surface area (Å²) in [6.45, 7) is 3.70. The molecule has 0 saturated heterocycles. The second-order valence-electron chi connectivity index (χ2n) is 7.51. The molecule has 0 spiro atoms. The van der Waals surface area contributed by atoms with Gasteiger partial charge in [-0.3, -0.25) is 9.59 Å². The van der Waals surface area contributed by atoms with Crippen LogP contribution in [0.25, 0.3) is 0 Å². The summed E-state index contributed by atoms with van der Waals surface area (Å²) in [5.74, 6) is -1.20. The van der Waals surface area contributed by atoms with Gasteiger partial charge in [0.25, 0.3) is 5.91 Å². The minimum Gasteiger partial charge on any atom is -0.340 e. The van der Waals surface area contributed by atoms with Gasteiger partial charge < -0.3 is 10.6 Å². The molecule has 7 nitrogen and oxygen atoms in total. The Kier molecular flexibility index (Phi) is 8.02. The highest BCUT2D eigenvalue weighted by Crippen LogP contribution is 2.18. The number of sulfonamides is 1. The minimum absolute atomic E-state index is 0.222. The van der Waals surface area contributed by atoms with E-state index in [1.54, 1.807) is 38.1 Å². The zero-order valence-corrected chi connectivity index (χ0v) is 18.5. The molecule has 11 heteroatoms. The van der Waals surface area contributed by atoms with Gasteiger partial charge in [0.2, 0.25) is 15.9 Å². The van der Waals surface area contributed by atoms with E-state index in [4.69, 9.17) is 0 Å². The molecule has 1 atom stereocenters. The third-order valence-corrected chi connectivity index (χ3v) is 5.86. The van der Waals surface area contributed by atoms with E-state index in [2.05, 4.69) is 10.6 Å². The molecule has 0 aliphatic carbocycles. The van der Waals surface area contributed by atoms with Crippen molar-refractivity contribution in [2.24, 2.45) is 5.92 Å². The number of hydrogen-bond acceptors (Lipinski definition) is 4. The van der Waals surface area contributed by atoms with E-state index in [0.717, 1.165) is 17.7 Å². The van der Waals surface area contributed by atoms with Crippen LogP contribution in [-0.2, 0) is 14.8 Å². The van der Waals surface area contributed by atoms with E-state index in [0.29, 0.717) is 5.56 Å². The van der Waals surface area contributed by atoms with Crippen molar-refractivity contribution >= 4 is 27.5 Å². The van der Waals surface area contributed by atoms with Crippen LogP contribution in [0.1, 0.15) is 29.8 Å². The highest BCUT2D eigenvalue weighted by molar-refractivity contribution is 7.89. The summed E-state index contributed by atoms with van der Waals surface area (Å²) in [6, 6.07) is 10.6. The second kappa shape index (κ2) is 10.1. The van der Waals surface area contributed by atoms with Gasteiger partial charge >= 0.3 is 6.18 Å². The SMILES string of the molecule is Cc1ccc(C(=O)N[C@H](C(=O)Nc2ccc(S(=O)(=O)NCC(F)(F)F)cc2)C(C)C)cc1. The van der Waals surface area contributed by atoms with Crippen molar-refractivity contribution < 1.29 is 31.2 Å². The van der Waals surface area contributed by atoms with Crippen LogP contribution in [0.15, 0.2) is 53.4 Å². The monoisotopic (exact) mass is 471 g/mol. The Morgan fingerprint density at radius 2 is 1.53 bits per heavy atom. The fourth-order valence-corrected chi connectivity index (χ4v) is 3.68. The Hall–Kier alpha value is -2.92. The number of amides is 2. The summed E-state index contributed by atoms with van der Waals surface area (Å²) >= 11 is 0. The Bertz CT molecular complexity index is 1050. The summed E-state index contributed by atoms with van der Waals surface area (Å²) in [5, 5.41) is 5.25. The van der Waals surface area contributed by atoms with Crippen molar-refractivity contribution in [1.29, 1.82) is 0 Å². The molecule has 0 bridgehead atoms. The number of halogens is 3. The third kappa shape index (κ3) is 7.34. The van der Waals surface area contributed by atoms with Crippen LogP contribution in [-0.4, -0.2) is 39.0 Å². The van der Waals surface area contributed by atoms with Crippen LogP contribution in [0.3, 0.4) is 0 Å². The maximum atomic E-state index is 12.7. The van der Waals surface area contributed by atoms with Crippen molar-refractivity contribution in [2.75, 3.05) is 11.9 Å². The van der Waals surface area contributed by atoms with E-state index in [1.165, 1.54) is 16.9 Å². The number of rotatable bonds is 8. The van der Waals surface area contributed by atoms with Crippen LogP contribution in [0.4, 0.5) is 18.9 Å². The highest BCUT2D eigenvalue weighted by Gasteiger charge is 2.30. The second-order valence-corrected chi connectivity index (χ2v) is 9.28. The number of aryl methyl sites for hydroxylation is 1. The minimum atomic E-state index is -4.68. The zero-order chi connectivity index (χ0) is 24.1. The Morgan fingerprint density at radius 1 is 0.969 bits per heavy atom. The number of benzene rings is 2. The van der Waals surface area contributed by atoms with Crippen LogP contribution >= 0.6 is 0 Å². The average molecular weight is 472 g/mol. The predicted molar refractivity (Wildman–Crippen MR) is 114 cm³/mol. The smallest absolute Gasteiger partial charge is 0.340 e. The summed E-state index contributed by atoms with van der Waals surface area (Å²) in [6.07, 6.45) is -4.68. The molecule has 0 fully saturated rings. The lowest BCUT2D eigenvalue weighted by molar-refractivity contribution is -0.121. The Labute approximate surface area is 184 Å². The van der Waals surface area contributed by atoms with Crippen molar-refractivity contribution in [1.82, 2.24) is 10.0 Å². The first-order valence-corrected chi connectivity index (χ1v) is 11.1. The first kappa shape index (κ1) is 25.3. The fraction of sp³-hybridized carbons (Fsp3) is 0.333. The fourth-order valence-electron chi connectivity index (χ4n) is 2.66. The van der Waals surface area contributed by atoms with Crippen molar-refractivity contribution in [3.8, 4) is 0 Å². The maximum absolute atomic E-state index is 12.7. The van der Waals surface area contributed by atoms with E-state index in [9.17, 15) is 31.2 Å². The van der Waals surface area contributed by atoms with Gasteiger partial charge in [-0.05, 0) is 49.2 Å². The van der Waals surface area contributed by atoms with Crippen LogP contribution in [0.2, 0.25) is 0 Å². The van der Waals surface area contributed by atoms with Gasteiger partial charge in [0.1, 0.15) is 12.6 Å². The quantitative estimate of drug-likeness (QED) is 0.550. The molecule has 0 saturated carbocycles. The van der Waals surface area contributed by atoms with E-state index in [1.807, 2.05) is 6.92 Å². The van der Waals surface area contributed by atoms with Crippen LogP contribution < -0.4 is 15.4 Å². The molecule has 0 aliphatic rings. The average Bonchev–Trinajstić information content (AvgIpc) is 2.70. The van der Waals surface area contributed by atoms with Gasteiger partial charge in [-0.2, -0.15) is 13.2 Å². The van der Waals surface area contributed by atoms with Gasteiger partial charge in [0, 0.05) is 11.3 Å². The van der Waals surface area contributed by atoms with Crippen LogP contribution in [0.5, 0.6) is 0 Å². The predicted octanol–water partition coefficient (Wildman–Crippen LogP) is 3.23. The number of anilines is 1. The van der Waals surface area contributed by atoms with Crippen molar-refractivity contribution in [2.45, 2.75) is 37.9 Å². The highest BCUT2D eigenvalue weighted by atomic mass is 32.2. The number of alkyl halides is 3. The van der Waals surface area contributed by atoms with Gasteiger partial charge in [-0.15, -0.1) is 0 Å². The Morgan fingerprint density at radius 3 is 2.03 bits per heavy atom. The lowest BCUT2D eigenvalue weighted by Gasteiger charge is -2.22. The van der Waals surface area contributed by atoms with E-state index < -0.39 is 40.6 Å². The summed E-state index contributed by atoms with van der Waals surface area (Å²) in [4.78, 5) is 24.8. The largest absolute Gasteiger partial charge is 0.402 e. The van der Waals surface area contributed by atoms with Crippen molar-refractivity contribution in [3.05, 3.63) is 59.7 Å². The summed E-state index contributed by atoms with van der Waals surface area (Å²) in [5.41, 5.74) is 1.61. The number of carbonyl (C=O) groups excluding carboxylic acids is 2. The maximum Gasteiger partial charge on any atom is 0.402 e. The standard InChI is InChI=1S/C21H24F3N3O4S/c1-13(2)18(27-19(28)15-6-4-14(3)5-7-15)20(29)26-16-8-10-17(11-9-16)32(30,31)25-12-21(22,23)24/h4-11,13,18,25H,12H2,1-3H3,(H,26,29)(H,27,28)/t18-/m0/s1. The molecule has 2 amide bonds. The van der Waals surface area contributed by atoms with Crippen LogP contribution in [0, 0.1) is 12.8 Å². The molecule has 32 heavy (non-hydrogen) atoms. The molecule has 2 rings (SSSR count). The first-order chi connectivity index (χ1) is 14.8. The summed E-state index contributed by atoms with van der Waals surface area (Å²) in [7, 11) is -4.36. The normalized spacial score (nSPS) is 13.0. The van der Waals surface area contributed by atoms with E-state index >= 15 is 0 Å². The lowest BCUT2D eigenvalue weighted by Crippen LogP contribution is -2.47. The molecule has 0 radical (unpaired) electrons. The molecular formula is C21H24F3N3O4S. The molecular weight excluding hydrogens is 447 g/mol. The molecule has 174 valence electrons. The molecule has 2 aromatic carbocycles. The van der Waals surface area contributed by atoms with Gasteiger partial charge in [0.05, 0.1) is 4.90 Å². The lowest BCUT2D eigenvalue weighted by atomic mass is 10.0. The molecule has 0 aliphatic heterocycles. The first-order valence-electron chi connectivity index (χ1n) is 9.63. The zero-order valence-electron chi connectivity index (χ0n) is 17.7. The van der Waals surface area contributed by atoms with Gasteiger partial charge in [-0.1, -0.05) is 31.5 Å². The Balaban J connectivity index is 2.07. The topological polar surface area (TPSA) is 104 Å². The molecule has 0 unspecified atom stereocenters. The molecule has 0 heterocycles. The molecule has 0 aromatic heterocycles. The van der Waals surface area contributed by atoms with E-state index in [-0.39, 0.29) is 16.5 Å². The van der Waals surface area contributed by atoms with Crippen molar-refractivity contribution in [3.63, 3.8) is 0 Å².